The first kappa shape index (κ1) is 9.45. The maximum Gasteiger partial charge on any atom is 0.227 e. The van der Waals surface area contributed by atoms with Crippen LogP contribution in [0.5, 0.6) is 0 Å². The molecule has 0 aromatic heterocycles. The van der Waals surface area contributed by atoms with E-state index in [1.807, 2.05) is 6.92 Å². The van der Waals surface area contributed by atoms with Crippen molar-refractivity contribution in [3.8, 4) is 0 Å². The average molecular weight is 186 g/mol. The molecule has 1 atom stereocenters. The molecule has 1 amide bonds. The summed E-state index contributed by atoms with van der Waals surface area (Å²) in [5.74, 6) is 0.627. The van der Waals surface area contributed by atoms with Crippen LogP contribution in [0.25, 0.3) is 0 Å². The second-order valence-electron chi connectivity index (χ2n) is 3.34. The van der Waals surface area contributed by atoms with Crippen molar-refractivity contribution >= 4 is 23.1 Å². The normalized spacial score (nSPS) is 18.4. The molecular formula is C8H14N2OS. The molecule has 0 saturated heterocycles. The van der Waals surface area contributed by atoms with E-state index in [0.29, 0.717) is 5.92 Å². The van der Waals surface area contributed by atoms with Crippen molar-refractivity contribution < 1.29 is 4.79 Å². The van der Waals surface area contributed by atoms with Crippen molar-refractivity contribution in [1.29, 1.82) is 0 Å². The maximum absolute atomic E-state index is 11.1. The van der Waals surface area contributed by atoms with Crippen LogP contribution >= 0.6 is 12.2 Å². The van der Waals surface area contributed by atoms with Crippen LogP contribution in [0.2, 0.25) is 0 Å². The molecule has 3 N–H and O–H groups in total. The molecule has 0 aromatic rings. The Morgan fingerprint density at radius 3 is 2.75 bits per heavy atom. The molecule has 68 valence electrons. The van der Waals surface area contributed by atoms with Crippen LogP contribution in [0, 0.1) is 5.92 Å². The molecule has 0 aliphatic heterocycles. The smallest absolute Gasteiger partial charge is 0.227 e. The standard InChI is InChI=1S/C8H14N2OS/c1-5(6-2-3-6)10-8(11)4-7(9)12/h5-6H,2-4H2,1H3,(H2,9,12)(H,10,11). The minimum Gasteiger partial charge on any atom is -0.393 e. The van der Waals surface area contributed by atoms with Crippen molar-refractivity contribution in [2.75, 3.05) is 0 Å². The summed E-state index contributed by atoms with van der Waals surface area (Å²) in [5, 5.41) is 2.87. The Morgan fingerprint density at radius 1 is 1.75 bits per heavy atom. The third-order valence-corrected chi connectivity index (χ3v) is 2.20. The Bertz CT molecular complexity index is 201. The zero-order valence-electron chi connectivity index (χ0n) is 7.17. The summed E-state index contributed by atoms with van der Waals surface area (Å²) in [6.07, 6.45) is 2.63. The minimum absolute atomic E-state index is 0.0538. The molecule has 1 saturated carbocycles. The number of nitrogens with two attached hydrogens (primary N) is 1. The molecule has 1 fully saturated rings. The van der Waals surface area contributed by atoms with Crippen molar-refractivity contribution in [2.24, 2.45) is 11.7 Å². The van der Waals surface area contributed by atoms with Gasteiger partial charge in [-0.3, -0.25) is 4.79 Å². The Kier molecular flexibility index (Phi) is 3.03. The molecule has 0 radical (unpaired) electrons. The monoisotopic (exact) mass is 186 g/mol. The van der Waals surface area contributed by atoms with Gasteiger partial charge in [-0.05, 0) is 25.7 Å². The number of nitrogens with one attached hydrogen (secondary N) is 1. The highest BCUT2D eigenvalue weighted by Crippen LogP contribution is 2.32. The van der Waals surface area contributed by atoms with Gasteiger partial charge in [0.2, 0.25) is 5.91 Å². The Morgan fingerprint density at radius 2 is 2.33 bits per heavy atom. The van der Waals surface area contributed by atoms with Gasteiger partial charge in [-0.2, -0.15) is 0 Å². The Hall–Kier alpha value is -0.640. The fraction of sp³-hybridized carbons (Fsp3) is 0.750. The fourth-order valence-corrected chi connectivity index (χ4v) is 1.31. The molecule has 0 spiro atoms. The average Bonchev–Trinajstić information content (AvgIpc) is 2.63. The lowest BCUT2D eigenvalue weighted by molar-refractivity contribution is -0.120. The number of hydrogen-bond donors (Lipinski definition) is 2. The zero-order chi connectivity index (χ0) is 9.14. The molecule has 3 nitrogen and oxygen atoms in total. The van der Waals surface area contributed by atoms with E-state index < -0.39 is 0 Å². The van der Waals surface area contributed by atoms with Crippen LogP contribution in [0.4, 0.5) is 0 Å². The van der Waals surface area contributed by atoms with Crippen molar-refractivity contribution in [2.45, 2.75) is 32.2 Å². The lowest BCUT2D eigenvalue weighted by Gasteiger charge is -2.11. The molecule has 1 aliphatic rings. The summed E-state index contributed by atoms with van der Waals surface area (Å²) in [4.78, 5) is 11.4. The van der Waals surface area contributed by atoms with Gasteiger partial charge in [-0.1, -0.05) is 12.2 Å². The second kappa shape index (κ2) is 3.85. The van der Waals surface area contributed by atoms with Gasteiger partial charge in [0.1, 0.15) is 0 Å². The van der Waals surface area contributed by atoms with Gasteiger partial charge in [0.15, 0.2) is 0 Å². The van der Waals surface area contributed by atoms with E-state index in [1.165, 1.54) is 12.8 Å². The lowest BCUT2D eigenvalue weighted by Crippen LogP contribution is -2.35. The second-order valence-corrected chi connectivity index (χ2v) is 3.86. The van der Waals surface area contributed by atoms with Crippen molar-refractivity contribution in [1.82, 2.24) is 5.32 Å². The third-order valence-electron chi connectivity index (χ3n) is 2.05. The SMILES string of the molecule is CC(NC(=O)CC(N)=S)C1CC1. The molecular weight excluding hydrogens is 172 g/mol. The Labute approximate surface area is 77.7 Å². The largest absolute Gasteiger partial charge is 0.393 e. The van der Waals surface area contributed by atoms with Gasteiger partial charge >= 0.3 is 0 Å². The summed E-state index contributed by atoms with van der Waals surface area (Å²) < 4.78 is 0. The first-order chi connectivity index (χ1) is 5.59. The van der Waals surface area contributed by atoms with Gasteiger partial charge in [0.05, 0.1) is 11.4 Å². The molecule has 1 rings (SSSR count). The predicted molar refractivity (Wildman–Crippen MR) is 51.7 cm³/mol. The predicted octanol–water partition coefficient (Wildman–Crippen LogP) is 0.577. The maximum atomic E-state index is 11.1. The quantitative estimate of drug-likeness (QED) is 0.631. The number of carbonyl (C=O) groups excluding carboxylic acids is 1. The molecule has 1 aliphatic carbocycles. The molecule has 0 bridgehead atoms. The molecule has 0 heterocycles. The number of hydrogen-bond acceptors (Lipinski definition) is 2. The third kappa shape index (κ3) is 3.17. The first-order valence-corrected chi connectivity index (χ1v) is 4.58. The number of carbonyl (C=O) groups is 1. The first-order valence-electron chi connectivity index (χ1n) is 4.17. The topological polar surface area (TPSA) is 55.1 Å². The summed E-state index contributed by atoms with van der Waals surface area (Å²) in [6, 6.07) is 0.284. The van der Waals surface area contributed by atoms with E-state index in [2.05, 4.69) is 17.5 Å². The number of amides is 1. The van der Waals surface area contributed by atoms with E-state index >= 15 is 0 Å². The van der Waals surface area contributed by atoms with Crippen LogP contribution < -0.4 is 11.1 Å². The number of thiocarbonyl (C=S) groups is 1. The molecule has 1 unspecified atom stereocenters. The minimum atomic E-state index is -0.0538. The summed E-state index contributed by atoms with van der Waals surface area (Å²) in [6.45, 7) is 2.02. The lowest BCUT2D eigenvalue weighted by atomic mass is 10.2. The molecule has 0 aromatic carbocycles. The molecule has 4 heteroatoms. The van der Waals surface area contributed by atoms with Crippen LogP contribution in [-0.4, -0.2) is 16.9 Å². The van der Waals surface area contributed by atoms with E-state index in [-0.39, 0.29) is 23.4 Å². The number of rotatable bonds is 4. The van der Waals surface area contributed by atoms with Crippen LogP contribution in [0.1, 0.15) is 26.2 Å². The van der Waals surface area contributed by atoms with Crippen LogP contribution in [0.15, 0.2) is 0 Å². The van der Waals surface area contributed by atoms with E-state index in [9.17, 15) is 4.79 Å². The Balaban J connectivity index is 2.20. The van der Waals surface area contributed by atoms with Gasteiger partial charge < -0.3 is 11.1 Å². The summed E-state index contributed by atoms with van der Waals surface area (Å²) in [7, 11) is 0. The highest BCUT2D eigenvalue weighted by atomic mass is 32.1. The van der Waals surface area contributed by atoms with Crippen molar-refractivity contribution in [3.05, 3.63) is 0 Å². The molecule has 12 heavy (non-hydrogen) atoms. The zero-order valence-corrected chi connectivity index (χ0v) is 7.99. The highest BCUT2D eigenvalue weighted by Gasteiger charge is 2.28. The summed E-state index contributed by atoms with van der Waals surface area (Å²) in [5.41, 5.74) is 5.23. The highest BCUT2D eigenvalue weighted by molar-refractivity contribution is 7.80. The van der Waals surface area contributed by atoms with E-state index in [1.54, 1.807) is 0 Å². The van der Waals surface area contributed by atoms with Gasteiger partial charge in [-0.25, -0.2) is 0 Å². The van der Waals surface area contributed by atoms with Crippen LogP contribution in [0.3, 0.4) is 0 Å². The summed E-state index contributed by atoms with van der Waals surface area (Å²) >= 11 is 4.62. The van der Waals surface area contributed by atoms with Crippen molar-refractivity contribution in [3.63, 3.8) is 0 Å². The van der Waals surface area contributed by atoms with E-state index in [0.717, 1.165) is 0 Å². The van der Waals surface area contributed by atoms with E-state index in [4.69, 9.17) is 5.73 Å². The van der Waals surface area contributed by atoms with Crippen LogP contribution in [-0.2, 0) is 4.79 Å². The van der Waals surface area contributed by atoms with Gasteiger partial charge in [0.25, 0.3) is 0 Å². The van der Waals surface area contributed by atoms with Gasteiger partial charge in [0, 0.05) is 6.04 Å². The van der Waals surface area contributed by atoms with Gasteiger partial charge in [-0.15, -0.1) is 0 Å². The fourth-order valence-electron chi connectivity index (χ4n) is 1.18.